The van der Waals surface area contributed by atoms with Gasteiger partial charge < -0.3 is 15.0 Å². The van der Waals surface area contributed by atoms with Crippen LogP contribution in [0.4, 0.5) is 0 Å². The molecule has 1 fully saturated rings. The number of ether oxygens (including phenoxy) is 1. The van der Waals surface area contributed by atoms with E-state index in [0.29, 0.717) is 32.5 Å². The van der Waals surface area contributed by atoms with Crippen molar-refractivity contribution in [3.05, 3.63) is 23.0 Å². The van der Waals surface area contributed by atoms with Crippen LogP contribution in [0.1, 0.15) is 36.6 Å². The summed E-state index contributed by atoms with van der Waals surface area (Å²) in [5.41, 5.74) is 2.73. The van der Waals surface area contributed by atoms with Crippen molar-refractivity contribution in [1.82, 2.24) is 15.2 Å². The van der Waals surface area contributed by atoms with Crippen molar-refractivity contribution in [1.29, 1.82) is 0 Å². The van der Waals surface area contributed by atoms with Crippen LogP contribution in [0.15, 0.2) is 6.20 Å². The number of piperidine rings is 1. The third kappa shape index (κ3) is 3.81. The summed E-state index contributed by atoms with van der Waals surface area (Å²) in [4.78, 5) is 30.2. The van der Waals surface area contributed by atoms with Gasteiger partial charge >= 0.3 is 0 Å². The van der Waals surface area contributed by atoms with Crippen LogP contribution in [0.2, 0.25) is 0 Å². The largest absolute Gasteiger partial charge is 0.496 e. The first-order valence-corrected chi connectivity index (χ1v) is 8.02. The molecule has 0 bridgehead atoms. The maximum Gasteiger partial charge on any atom is 0.225 e. The first kappa shape index (κ1) is 17.2. The smallest absolute Gasteiger partial charge is 0.225 e. The minimum atomic E-state index is -0.139. The molecule has 1 aromatic rings. The molecule has 0 aliphatic carbocycles. The van der Waals surface area contributed by atoms with Gasteiger partial charge in [-0.3, -0.25) is 14.6 Å². The van der Waals surface area contributed by atoms with Crippen LogP contribution < -0.4 is 10.1 Å². The zero-order valence-electron chi connectivity index (χ0n) is 14.3. The number of amides is 2. The second-order valence-corrected chi connectivity index (χ2v) is 5.93. The third-order valence-electron chi connectivity index (χ3n) is 4.43. The molecule has 0 spiro atoms. The van der Waals surface area contributed by atoms with Crippen molar-refractivity contribution >= 4 is 11.8 Å². The summed E-state index contributed by atoms with van der Waals surface area (Å²) in [6.07, 6.45) is 2.82. The van der Waals surface area contributed by atoms with Crippen molar-refractivity contribution in [2.45, 2.75) is 40.2 Å². The Morgan fingerprint density at radius 1 is 1.48 bits per heavy atom. The monoisotopic (exact) mass is 319 g/mol. The average Bonchev–Trinajstić information content (AvgIpc) is 2.54. The van der Waals surface area contributed by atoms with Crippen molar-refractivity contribution in [3.8, 4) is 5.75 Å². The molecule has 1 N–H and O–H groups in total. The van der Waals surface area contributed by atoms with Gasteiger partial charge in [0.2, 0.25) is 11.8 Å². The highest BCUT2D eigenvalue weighted by atomic mass is 16.5. The quantitative estimate of drug-likeness (QED) is 0.894. The Kier molecular flexibility index (Phi) is 5.58. The second kappa shape index (κ2) is 7.44. The average molecular weight is 319 g/mol. The molecule has 1 atom stereocenters. The lowest BCUT2D eigenvalue weighted by Gasteiger charge is -2.31. The van der Waals surface area contributed by atoms with Crippen LogP contribution in [0.25, 0.3) is 0 Å². The number of methoxy groups -OCH3 is 1. The van der Waals surface area contributed by atoms with Crippen molar-refractivity contribution in [3.63, 3.8) is 0 Å². The minimum absolute atomic E-state index is 0.0170. The predicted molar refractivity (Wildman–Crippen MR) is 87.1 cm³/mol. The van der Waals surface area contributed by atoms with Crippen molar-refractivity contribution in [2.75, 3.05) is 20.2 Å². The molecule has 1 aliphatic heterocycles. The number of carbonyl (C=O) groups excluding carboxylic acids is 2. The summed E-state index contributed by atoms with van der Waals surface area (Å²) < 4.78 is 5.38. The van der Waals surface area contributed by atoms with E-state index in [1.165, 1.54) is 0 Å². The van der Waals surface area contributed by atoms with Crippen LogP contribution in [-0.4, -0.2) is 41.9 Å². The maximum atomic E-state index is 12.4. The highest BCUT2D eigenvalue weighted by Crippen LogP contribution is 2.24. The molecule has 6 nitrogen and oxygen atoms in total. The van der Waals surface area contributed by atoms with E-state index in [1.807, 2.05) is 20.8 Å². The van der Waals surface area contributed by atoms with Gasteiger partial charge in [0.25, 0.3) is 0 Å². The van der Waals surface area contributed by atoms with Crippen molar-refractivity contribution < 1.29 is 14.3 Å². The summed E-state index contributed by atoms with van der Waals surface area (Å²) >= 11 is 0. The second-order valence-electron chi connectivity index (χ2n) is 5.93. The molecule has 2 rings (SSSR count). The molecular formula is C17H25N3O3. The predicted octanol–water partition coefficient (Wildman–Crippen LogP) is 1.58. The number of nitrogens with zero attached hydrogens (tertiary/aromatic N) is 2. The van der Waals surface area contributed by atoms with E-state index < -0.39 is 0 Å². The molecule has 1 aliphatic rings. The van der Waals surface area contributed by atoms with E-state index in [4.69, 9.17) is 4.74 Å². The normalized spacial score (nSPS) is 18.0. The fraction of sp³-hybridized carbons (Fsp3) is 0.588. The Morgan fingerprint density at radius 2 is 2.22 bits per heavy atom. The number of hydrogen-bond acceptors (Lipinski definition) is 4. The Morgan fingerprint density at radius 3 is 2.87 bits per heavy atom. The summed E-state index contributed by atoms with van der Waals surface area (Å²) in [5, 5.41) is 2.94. The van der Waals surface area contributed by atoms with Gasteiger partial charge in [0.1, 0.15) is 5.75 Å². The Bertz CT molecular complexity index is 601. The van der Waals surface area contributed by atoms with Gasteiger partial charge in [-0.05, 0) is 27.2 Å². The lowest BCUT2D eigenvalue weighted by atomic mass is 9.96. The van der Waals surface area contributed by atoms with Crippen LogP contribution in [0, 0.1) is 19.8 Å². The highest BCUT2D eigenvalue weighted by Gasteiger charge is 2.29. The Labute approximate surface area is 137 Å². The number of likely N-dealkylation sites (tertiary alicyclic amines) is 1. The van der Waals surface area contributed by atoms with Crippen LogP contribution in [0.5, 0.6) is 5.75 Å². The summed E-state index contributed by atoms with van der Waals surface area (Å²) in [7, 11) is 1.63. The molecule has 0 saturated carbocycles. The SMILES string of the molecule is CCN1C[C@@H](C(=O)NCc2ncc(C)c(OC)c2C)CCC1=O. The number of nitrogens with one attached hydrogen (secondary N) is 1. The standard InChI is InChI=1S/C17H25N3O3/c1-5-20-10-13(6-7-15(20)21)17(22)19-9-14-12(3)16(23-4)11(2)8-18-14/h8,13H,5-7,9-10H2,1-4H3,(H,19,22)/t13-/m0/s1. The minimum Gasteiger partial charge on any atom is -0.496 e. The van der Waals surface area contributed by atoms with E-state index in [2.05, 4.69) is 10.3 Å². The van der Waals surface area contributed by atoms with E-state index >= 15 is 0 Å². The van der Waals surface area contributed by atoms with Crippen LogP contribution >= 0.6 is 0 Å². The van der Waals surface area contributed by atoms with Crippen LogP contribution in [0.3, 0.4) is 0 Å². The number of carbonyl (C=O) groups is 2. The van der Waals surface area contributed by atoms with Gasteiger partial charge in [-0.15, -0.1) is 0 Å². The zero-order chi connectivity index (χ0) is 17.0. The van der Waals surface area contributed by atoms with E-state index in [0.717, 1.165) is 22.6 Å². The molecule has 2 amide bonds. The number of aromatic nitrogens is 1. The van der Waals surface area contributed by atoms with E-state index in [-0.39, 0.29) is 17.7 Å². The summed E-state index contributed by atoms with van der Waals surface area (Å²) in [6.45, 7) is 7.35. The van der Waals surface area contributed by atoms with Gasteiger partial charge in [0, 0.05) is 36.8 Å². The molecule has 0 unspecified atom stereocenters. The van der Waals surface area contributed by atoms with Crippen LogP contribution in [-0.2, 0) is 16.1 Å². The third-order valence-corrected chi connectivity index (χ3v) is 4.43. The molecule has 0 aromatic carbocycles. The summed E-state index contributed by atoms with van der Waals surface area (Å²) in [6, 6.07) is 0. The summed E-state index contributed by atoms with van der Waals surface area (Å²) in [5.74, 6) is 0.791. The number of hydrogen-bond donors (Lipinski definition) is 1. The fourth-order valence-electron chi connectivity index (χ4n) is 3.00. The first-order chi connectivity index (χ1) is 11.0. The molecule has 1 saturated heterocycles. The van der Waals surface area contributed by atoms with Crippen molar-refractivity contribution in [2.24, 2.45) is 5.92 Å². The van der Waals surface area contributed by atoms with Gasteiger partial charge in [-0.25, -0.2) is 0 Å². The maximum absolute atomic E-state index is 12.4. The van der Waals surface area contributed by atoms with Gasteiger partial charge in [-0.2, -0.15) is 0 Å². The number of rotatable bonds is 5. The number of aryl methyl sites for hydroxylation is 1. The molecular weight excluding hydrogens is 294 g/mol. The molecule has 0 radical (unpaired) electrons. The van der Waals surface area contributed by atoms with Gasteiger partial charge in [-0.1, -0.05) is 0 Å². The Balaban J connectivity index is 1.98. The molecule has 1 aromatic heterocycles. The zero-order valence-corrected chi connectivity index (χ0v) is 14.3. The lowest BCUT2D eigenvalue weighted by molar-refractivity contribution is -0.138. The molecule has 23 heavy (non-hydrogen) atoms. The fourth-order valence-corrected chi connectivity index (χ4v) is 3.00. The first-order valence-electron chi connectivity index (χ1n) is 8.02. The molecule has 2 heterocycles. The van der Waals surface area contributed by atoms with E-state index in [1.54, 1.807) is 18.2 Å². The highest BCUT2D eigenvalue weighted by molar-refractivity contribution is 5.83. The topological polar surface area (TPSA) is 71.5 Å². The van der Waals surface area contributed by atoms with Gasteiger partial charge in [0.05, 0.1) is 25.3 Å². The number of pyridine rings is 1. The Hall–Kier alpha value is -2.11. The van der Waals surface area contributed by atoms with E-state index in [9.17, 15) is 9.59 Å². The molecule has 6 heteroatoms. The lowest BCUT2D eigenvalue weighted by Crippen LogP contribution is -2.45. The molecule has 126 valence electrons. The van der Waals surface area contributed by atoms with Gasteiger partial charge in [0.15, 0.2) is 0 Å².